The van der Waals surface area contributed by atoms with Crippen molar-refractivity contribution in [1.29, 1.82) is 0 Å². The summed E-state index contributed by atoms with van der Waals surface area (Å²) >= 11 is 0. The summed E-state index contributed by atoms with van der Waals surface area (Å²) in [6.45, 7) is 3.36. The van der Waals surface area contributed by atoms with Crippen LogP contribution in [0, 0.1) is 0 Å². The number of ether oxygens (including phenoxy) is 1. The molecule has 0 radical (unpaired) electrons. The Kier molecular flexibility index (Phi) is 5.88. The number of benzene rings is 1. The molecule has 4 heteroatoms. The average Bonchev–Trinajstić information content (AvgIpc) is 2.78. The molecule has 4 nitrogen and oxygen atoms in total. The molecule has 0 spiro atoms. The third-order valence-corrected chi connectivity index (χ3v) is 4.53. The molecule has 2 rings (SSSR count). The summed E-state index contributed by atoms with van der Waals surface area (Å²) in [5, 5.41) is 13.1. The zero-order valence-corrected chi connectivity index (χ0v) is 13.4. The first-order valence-corrected chi connectivity index (χ1v) is 7.94. The Balaban J connectivity index is 2.45. The van der Waals surface area contributed by atoms with Gasteiger partial charge in [0.05, 0.1) is 19.8 Å². The molecule has 0 bridgehead atoms. The molecule has 1 aliphatic heterocycles. The molecule has 1 saturated heterocycles. The van der Waals surface area contributed by atoms with Crippen LogP contribution in [0.2, 0.25) is 0 Å². The molecule has 118 valence electrons. The molecule has 2 unspecified atom stereocenters. The van der Waals surface area contributed by atoms with E-state index >= 15 is 0 Å². The number of anilines is 1. The van der Waals surface area contributed by atoms with Crippen LogP contribution in [-0.2, 0) is 0 Å². The first-order valence-electron chi connectivity index (χ1n) is 7.94. The smallest absolute Gasteiger partial charge is 0.125 e. The van der Waals surface area contributed by atoms with E-state index in [1.807, 2.05) is 19.2 Å². The molecule has 1 aromatic carbocycles. The maximum Gasteiger partial charge on any atom is 0.125 e. The zero-order valence-electron chi connectivity index (χ0n) is 13.4. The Bertz CT molecular complexity index is 450. The van der Waals surface area contributed by atoms with Crippen molar-refractivity contribution in [1.82, 2.24) is 5.32 Å². The lowest BCUT2D eigenvalue weighted by Crippen LogP contribution is -2.38. The van der Waals surface area contributed by atoms with Gasteiger partial charge in [0.15, 0.2) is 0 Å². The molecule has 0 aromatic heterocycles. The topological polar surface area (TPSA) is 44.7 Å². The van der Waals surface area contributed by atoms with Crippen molar-refractivity contribution in [3.63, 3.8) is 0 Å². The fraction of sp³-hybridized carbons (Fsp3) is 0.647. The van der Waals surface area contributed by atoms with Gasteiger partial charge >= 0.3 is 0 Å². The van der Waals surface area contributed by atoms with Crippen LogP contribution in [0.25, 0.3) is 0 Å². The zero-order chi connectivity index (χ0) is 15.2. The van der Waals surface area contributed by atoms with E-state index in [0.717, 1.165) is 18.7 Å². The molecule has 1 aromatic rings. The minimum Gasteiger partial charge on any atom is -0.496 e. The van der Waals surface area contributed by atoms with Gasteiger partial charge in [-0.1, -0.05) is 18.9 Å². The van der Waals surface area contributed by atoms with Gasteiger partial charge in [-0.3, -0.25) is 0 Å². The Morgan fingerprint density at radius 1 is 1.38 bits per heavy atom. The molecule has 21 heavy (non-hydrogen) atoms. The fourth-order valence-corrected chi connectivity index (χ4v) is 3.22. The minimum absolute atomic E-state index is 0.207. The Hall–Kier alpha value is -1.26. The predicted molar refractivity (Wildman–Crippen MR) is 87.2 cm³/mol. The minimum atomic E-state index is 0.207. The van der Waals surface area contributed by atoms with Gasteiger partial charge in [0, 0.05) is 23.8 Å². The van der Waals surface area contributed by atoms with Crippen LogP contribution in [0.4, 0.5) is 5.69 Å². The average molecular weight is 292 g/mol. The highest BCUT2D eigenvalue weighted by molar-refractivity contribution is 5.61. The molecule has 2 N–H and O–H groups in total. The van der Waals surface area contributed by atoms with E-state index in [4.69, 9.17) is 4.74 Å². The number of methoxy groups -OCH3 is 1. The first kappa shape index (κ1) is 16.1. The number of aliphatic hydroxyl groups is 1. The van der Waals surface area contributed by atoms with Crippen molar-refractivity contribution in [2.24, 2.45) is 0 Å². The van der Waals surface area contributed by atoms with Gasteiger partial charge in [-0.15, -0.1) is 0 Å². The summed E-state index contributed by atoms with van der Waals surface area (Å²) in [6, 6.07) is 6.62. The molecule has 1 fully saturated rings. The van der Waals surface area contributed by atoms with Crippen LogP contribution in [0.3, 0.4) is 0 Å². The summed E-state index contributed by atoms with van der Waals surface area (Å²) in [5.74, 6) is 0.912. The van der Waals surface area contributed by atoms with Gasteiger partial charge in [0.1, 0.15) is 5.75 Å². The summed E-state index contributed by atoms with van der Waals surface area (Å²) in [5.41, 5.74) is 2.38. The normalized spacial score (nSPS) is 21.0. The predicted octanol–water partition coefficient (Wildman–Crippen LogP) is 2.72. The third kappa shape index (κ3) is 3.50. The van der Waals surface area contributed by atoms with Gasteiger partial charge in [-0.25, -0.2) is 0 Å². The lowest BCUT2D eigenvalue weighted by molar-refractivity contribution is 0.254. The second-order valence-electron chi connectivity index (χ2n) is 5.78. The van der Waals surface area contributed by atoms with Gasteiger partial charge in [0.2, 0.25) is 0 Å². The van der Waals surface area contributed by atoms with Crippen LogP contribution in [0.15, 0.2) is 18.2 Å². The van der Waals surface area contributed by atoms with E-state index < -0.39 is 0 Å². The Labute approximate surface area is 128 Å². The van der Waals surface area contributed by atoms with Crippen LogP contribution < -0.4 is 15.0 Å². The van der Waals surface area contributed by atoms with E-state index in [9.17, 15) is 5.11 Å². The molecule has 0 amide bonds. The van der Waals surface area contributed by atoms with E-state index in [2.05, 4.69) is 23.2 Å². The number of nitrogens with zero attached hydrogens (tertiary/aromatic N) is 1. The highest BCUT2D eigenvalue weighted by atomic mass is 16.5. The second kappa shape index (κ2) is 7.66. The molecular formula is C17H28N2O2. The lowest BCUT2D eigenvalue weighted by Gasteiger charge is -2.34. The number of rotatable bonds is 5. The second-order valence-corrected chi connectivity index (χ2v) is 5.78. The summed E-state index contributed by atoms with van der Waals surface area (Å²) < 4.78 is 5.57. The largest absolute Gasteiger partial charge is 0.496 e. The molecule has 0 saturated carbocycles. The van der Waals surface area contributed by atoms with Gasteiger partial charge in [0.25, 0.3) is 0 Å². The van der Waals surface area contributed by atoms with Crippen molar-refractivity contribution in [3.05, 3.63) is 23.8 Å². The summed E-state index contributed by atoms with van der Waals surface area (Å²) in [6.07, 6.45) is 4.68. The van der Waals surface area contributed by atoms with Gasteiger partial charge in [-0.05, 0) is 38.9 Å². The monoisotopic (exact) mass is 292 g/mol. The fourth-order valence-electron chi connectivity index (χ4n) is 3.22. The number of hydrogen-bond donors (Lipinski definition) is 2. The van der Waals surface area contributed by atoms with Gasteiger partial charge in [-0.2, -0.15) is 0 Å². The van der Waals surface area contributed by atoms with E-state index in [1.54, 1.807) is 7.11 Å². The summed E-state index contributed by atoms with van der Waals surface area (Å²) in [4.78, 5) is 2.37. The molecular weight excluding hydrogens is 264 g/mol. The molecule has 1 aliphatic rings. The SMILES string of the molecule is CNC(C)c1c(OC)cccc1N1CCCCCC1CO. The van der Waals surface area contributed by atoms with E-state index in [0.29, 0.717) is 0 Å². The first-order chi connectivity index (χ1) is 10.2. The number of aliphatic hydroxyl groups excluding tert-OH is 1. The van der Waals surface area contributed by atoms with Crippen LogP contribution in [0.5, 0.6) is 5.75 Å². The third-order valence-electron chi connectivity index (χ3n) is 4.53. The molecule has 1 heterocycles. The number of hydrogen-bond acceptors (Lipinski definition) is 4. The molecule has 0 aliphatic carbocycles. The van der Waals surface area contributed by atoms with Crippen molar-refractivity contribution in [2.75, 3.05) is 32.2 Å². The van der Waals surface area contributed by atoms with Crippen LogP contribution >= 0.6 is 0 Å². The quantitative estimate of drug-likeness (QED) is 0.876. The maximum atomic E-state index is 9.77. The van der Waals surface area contributed by atoms with Gasteiger partial charge < -0.3 is 20.1 Å². The summed E-state index contributed by atoms with van der Waals surface area (Å²) in [7, 11) is 3.68. The maximum absolute atomic E-state index is 9.77. The van der Waals surface area contributed by atoms with Crippen molar-refractivity contribution >= 4 is 5.69 Å². The van der Waals surface area contributed by atoms with Crippen molar-refractivity contribution in [3.8, 4) is 5.75 Å². The van der Waals surface area contributed by atoms with Crippen LogP contribution in [0.1, 0.15) is 44.2 Å². The highest BCUT2D eigenvalue weighted by Gasteiger charge is 2.25. The lowest BCUT2D eigenvalue weighted by atomic mass is 10.0. The number of nitrogens with one attached hydrogen (secondary N) is 1. The Morgan fingerprint density at radius 2 is 2.19 bits per heavy atom. The van der Waals surface area contributed by atoms with Crippen molar-refractivity contribution in [2.45, 2.75) is 44.7 Å². The Morgan fingerprint density at radius 3 is 2.86 bits per heavy atom. The molecule has 2 atom stereocenters. The van der Waals surface area contributed by atoms with E-state index in [-0.39, 0.29) is 18.7 Å². The standard InChI is InChI=1S/C17H28N2O2/c1-13(18-2)17-15(9-7-10-16(17)21-3)19-11-6-4-5-8-14(19)12-20/h7,9-10,13-14,18,20H,4-6,8,11-12H2,1-3H3. The van der Waals surface area contributed by atoms with Crippen LogP contribution in [-0.4, -0.2) is 38.5 Å². The highest BCUT2D eigenvalue weighted by Crippen LogP contribution is 2.36. The van der Waals surface area contributed by atoms with E-state index in [1.165, 1.54) is 30.5 Å². The van der Waals surface area contributed by atoms with Crippen molar-refractivity contribution < 1.29 is 9.84 Å².